The van der Waals surface area contributed by atoms with E-state index in [0.717, 1.165) is 16.5 Å². The second-order valence-corrected chi connectivity index (χ2v) is 8.64. The van der Waals surface area contributed by atoms with E-state index in [4.69, 9.17) is 11.6 Å². The van der Waals surface area contributed by atoms with Crippen LogP contribution >= 0.6 is 11.6 Å². The predicted octanol–water partition coefficient (Wildman–Crippen LogP) is 5.19. The zero-order valence-electron chi connectivity index (χ0n) is 18.0. The molecule has 170 valence electrons. The highest BCUT2D eigenvalue weighted by Gasteiger charge is 2.46. The molecule has 34 heavy (non-hydrogen) atoms. The summed E-state index contributed by atoms with van der Waals surface area (Å²) < 4.78 is 0. The molecule has 1 aliphatic rings. The van der Waals surface area contributed by atoms with Gasteiger partial charge in [0.25, 0.3) is 11.7 Å². The molecule has 1 unspecified atom stereocenters. The Morgan fingerprint density at radius 3 is 2.53 bits per heavy atom. The Hall–Kier alpha value is -4.03. The van der Waals surface area contributed by atoms with E-state index in [1.165, 1.54) is 17.0 Å². The second-order valence-electron chi connectivity index (χ2n) is 8.20. The van der Waals surface area contributed by atoms with Gasteiger partial charge >= 0.3 is 0 Å². The van der Waals surface area contributed by atoms with Gasteiger partial charge < -0.3 is 20.1 Å². The standard InChI is InChI=1S/C27H21ClN2O4/c28-19-10-8-16(9-11-19)25(32)23-24(17-4-3-5-20(31)14-17)30(27(34)26(23)33)13-12-18-15-29-22-7-2-1-6-21(18)22/h1-11,14-15,24,29,31-32H,12-13H2/b25-23-. The number of aromatic hydroxyl groups is 1. The van der Waals surface area contributed by atoms with Gasteiger partial charge in [-0.05, 0) is 60.0 Å². The van der Waals surface area contributed by atoms with Crippen LogP contribution in [-0.4, -0.2) is 38.3 Å². The number of benzene rings is 3. The molecule has 3 aromatic carbocycles. The van der Waals surface area contributed by atoms with Gasteiger partial charge in [0.05, 0.1) is 11.6 Å². The Bertz CT molecular complexity index is 1440. The van der Waals surface area contributed by atoms with Crippen LogP contribution < -0.4 is 0 Å². The first-order valence-electron chi connectivity index (χ1n) is 10.8. The van der Waals surface area contributed by atoms with Crippen molar-refractivity contribution in [2.24, 2.45) is 0 Å². The van der Waals surface area contributed by atoms with Crippen molar-refractivity contribution in [2.75, 3.05) is 6.54 Å². The Morgan fingerprint density at radius 1 is 1.00 bits per heavy atom. The van der Waals surface area contributed by atoms with Crippen molar-refractivity contribution in [1.29, 1.82) is 0 Å². The Balaban J connectivity index is 1.57. The lowest BCUT2D eigenvalue weighted by atomic mass is 9.95. The maximum atomic E-state index is 13.1. The van der Waals surface area contributed by atoms with E-state index in [1.807, 2.05) is 30.5 Å². The summed E-state index contributed by atoms with van der Waals surface area (Å²) in [4.78, 5) is 31.0. The average molecular weight is 473 g/mol. The molecule has 1 aliphatic heterocycles. The number of aromatic amines is 1. The van der Waals surface area contributed by atoms with Crippen LogP contribution in [0.5, 0.6) is 5.75 Å². The molecule has 7 heteroatoms. The number of hydrogen-bond acceptors (Lipinski definition) is 4. The van der Waals surface area contributed by atoms with Gasteiger partial charge in [0.15, 0.2) is 0 Å². The first-order valence-corrected chi connectivity index (χ1v) is 11.2. The number of nitrogens with zero attached hydrogens (tertiary/aromatic N) is 1. The summed E-state index contributed by atoms with van der Waals surface area (Å²) in [6, 6.07) is 19.8. The minimum atomic E-state index is -0.840. The number of Topliss-reactive ketones (excluding diaryl/α,β-unsaturated/α-hetero) is 1. The number of likely N-dealkylation sites (tertiary alicyclic amines) is 1. The van der Waals surface area contributed by atoms with Crippen LogP contribution in [0.1, 0.15) is 22.7 Å². The van der Waals surface area contributed by atoms with Crippen LogP contribution in [0.3, 0.4) is 0 Å². The molecule has 4 aromatic rings. The van der Waals surface area contributed by atoms with Crippen molar-refractivity contribution < 1.29 is 19.8 Å². The van der Waals surface area contributed by atoms with Gasteiger partial charge in [0.2, 0.25) is 0 Å². The molecule has 1 aromatic heterocycles. The van der Waals surface area contributed by atoms with Crippen LogP contribution in [-0.2, 0) is 16.0 Å². The van der Waals surface area contributed by atoms with Crippen LogP contribution in [0.2, 0.25) is 5.02 Å². The molecule has 0 radical (unpaired) electrons. The van der Waals surface area contributed by atoms with Crippen molar-refractivity contribution in [3.63, 3.8) is 0 Å². The fraction of sp³-hybridized carbons (Fsp3) is 0.111. The fourth-order valence-electron chi connectivity index (χ4n) is 4.49. The summed E-state index contributed by atoms with van der Waals surface area (Å²) in [6.07, 6.45) is 2.41. The summed E-state index contributed by atoms with van der Waals surface area (Å²) in [7, 11) is 0. The molecule has 1 fully saturated rings. The third-order valence-electron chi connectivity index (χ3n) is 6.14. The first kappa shape index (κ1) is 21.8. The molecular weight excluding hydrogens is 452 g/mol. The molecule has 3 N–H and O–H groups in total. The highest BCUT2D eigenvalue weighted by molar-refractivity contribution is 6.46. The Labute approximate surface area is 200 Å². The maximum absolute atomic E-state index is 13.1. The lowest BCUT2D eigenvalue weighted by molar-refractivity contribution is -0.139. The van der Waals surface area contributed by atoms with E-state index in [2.05, 4.69) is 4.98 Å². The number of carbonyl (C=O) groups is 2. The minimum Gasteiger partial charge on any atom is -0.508 e. The van der Waals surface area contributed by atoms with E-state index in [0.29, 0.717) is 22.6 Å². The Morgan fingerprint density at radius 2 is 1.76 bits per heavy atom. The fourth-order valence-corrected chi connectivity index (χ4v) is 4.62. The van der Waals surface area contributed by atoms with Crippen LogP contribution in [0, 0.1) is 0 Å². The number of ketones is 1. The predicted molar refractivity (Wildman–Crippen MR) is 131 cm³/mol. The average Bonchev–Trinajstić information content (AvgIpc) is 3.36. The number of hydrogen-bond donors (Lipinski definition) is 3. The number of rotatable bonds is 5. The molecule has 0 bridgehead atoms. The van der Waals surface area contributed by atoms with Gasteiger partial charge in [-0.2, -0.15) is 0 Å². The van der Waals surface area contributed by atoms with Crippen molar-refractivity contribution in [1.82, 2.24) is 9.88 Å². The van der Waals surface area contributed by atoms with Crippen LogP contribution in [0.15, 0.2) is 84.6 Å². The molecule has 0 saturated carbocycles. The quantitative estimate of drug-likeness (QED) is 0.211. The third-order valence-corrected chi connectivity index (χ3v) is 6.39. The van der Waals surface area contributed by atoms with Gasteiger partial charge in [-0.25, -0.2) is 0 Å². The highest BCUT2D eigenvalue weighted by Crippen LogP contribution is 2.40. The summed E-state index contributed by atoms with van der Waals surface area (Å²) in [5.41, 5.74) is 2.91. The number of aromatic nitrogens is 1. The lowest BCUT2D eigenvalue weighted by Gasteiger charge is -2.25. The zero-order valence-corrected chi connectivity index (χ0v) is 18.8. The monoisotopic (exact) mass is 472 g/mol. The third kappa shape index (κ3) is 3.82. The molecule has 1 atom stereocenters. The van der Waals surface area contributed by atoms with Crippen LogP contribution in [0.4, 0.5) is 0 Å². The number of phenolic OH excluding ortho intramolecular Hbond substituents is 1. The van der Waals surface area contributed by atoms with Crippen molar-refractivity contribution in [2.45, 2.75) is 12.5 Å². The van der Waals surface area contributed by atoms with Crippen molar-refractivity contribution in [3.05, 3.63) is 106 Å². The van der Waals surface area contributed by atoms with Gasteiger partial charge in [-0.15, -0.1) is 0 Å². The topological polar surface area (TPSA) is 93.6 Å². The number of halogens is 1. The number of fused-ring (bicyclic) bond motifs is 1. The van der Waals surface area contributed by atoms with Gasteiger partial charge in [-0.1, -0.05) is 41.9 Å². The summed E-state index contributed by atoms with van der Waals surface area (Å²) in [5.74, 6) is -1.73. The smallest absolute Gasteiger partial charge is 0.295 e. The zero-order chi connectivity index (χ0) is 23.8. The van der Waals surface area contributed by atoms with E-state index >= 15 is 0 Å². The molecule has 0 spiro atoms. The van der Waals surface area contributed by atoms with E-state index < -0.39 is 17.7 Å². The Kier molecular flexibility index (Phi) is 5.59. The number of aliphatic hydroxyl groups is 1. The number of aliphatic hydroxyl groups excluding tert-OH is 1. The molecular formula is C27H21ClN2O4. The largest absolute Gasteiger partial charge is 0.508 e. The number of para-hydroxylation sites is 1. The summed E-state index contributed by atoms with van der Waals surface area (Å²) in [6.45, 7) is 0.254. The van der Waals surface area contributed by atoms with Gasteiger partial charge in [0.1, 0.15) is 11.5 Å². The molecule has 1 amide bonds. The number of phenols is 1. The summed E-state index contributed by atoms with van der Waals surface area (Å²) >= 11 is 5.97. The maximum Gasteiger partial charge on any atom is 0.295 e. The second kappa shape index (κ2) is 8.72. The first-order chi connectivity index (χ1) is 16.4. The normalized spacial score (nSPS) is 17.6. The number of carbonyl (C=O) groups excluding carboxylic acids is 2. The number of nitrogens with one attached hydrogen (secondary N) is 1. The molecule has 2 heterocycles. The SMILES string of the molecule is O=C1C(=O)N(CCc2c[nH]c3ccccc23)C(c2cccc(O)c2)/C1=C(/O)c1ccc(Cl)cc1. The highest BCUT2D eigenvalue weighted by atomic mass is 35.5. The van der Waals surface area contributed by atoms with Crippen molar-refractivity contribution in [3.8, 4) is 5.75 Å². The lowest BCUT2D eigenvalue weighted by Crippen LogP contribution is -2.31. The van der Waals surface area contributed by atoms with Crippen molar-refractivity contribution >= 4 is 40.0 Å². The van der Waals surface area contributed by atoms with Gasteiger partial charge in [-0.3, -0.25) is 9.59 Å². The van der Waals surface area contributed by atoms with Gasteiger partial charge in [0, 0.05) is 34.2 Å². The van der Waals surface area contributed by atoms with E-state index in [1.54, 1.807) is 36.4 Å². The number of H-pyrrole nitrogens is 1. The molecule has 6 nitrogen and oxygen atoms in total. The molecule has 5 rings (SSSR count). The van der Waals surface area contributed by atoms with E-state index in [-0.39, 0.29) is 23.6 Å². The van der Waals surface area contributed by atoms with E-state index in [9.17, 15) is 19.8 Å². The minimum absolute atomic E-state index is 0.00575. The molecule has 1 saturated heterocycles. The molecule has 0 aliphatic carbocycles. The van der Waals surface area contributed by atoms with Crippen LogP contribution in [0.25, 0.3) is 16.7 Å². The number of amides is 1. The summed E-state index contributed by atoms with van der Waals surface area (Å²) in [5, 5.41) is 22.7.